The molecule has 2 fully saturated rings. The van der Waals surface area contributed by atoms with E-state index in [2.05, 4.69) is 22.6 Å². The molecule has 0 radical (unpaired) electrons. The summed E-state index contributed by atoms with van der Waals surface area (Å²) in [5.74, 6) is 0.326. The number of hydrogen-bond acceptors (Lipinski definition) is 8. The highest BCUT2D eigenvalue weighted by Crippen LogP contribution is 2.45. The van der Waals surface area contributed by atoms with Crippen molar-refractivity contribution in [2.24, 2.45) is 5.92 Å². The van der Waals surface area contributed by atoms with E-state index in [9.17, 15) is 8.78 Å². The second-order valence-electron chi connectivity index (χ2n) is 9.16. The van der Waals surface area contributed by atoms with Gasteiger partial charge in [0.05, 0.1) is 25.4 Å². The molecule has 0 spiro atoms. The lowest BCUT2D eigenvalue weighted by Gasteiger charge is -2.14. The fourth-order valence-electron chi connectivity index (χ4n) is 4.84. The van der Waals surface area contributed by atoms with E-state index in [1.807, 2.05) is 4.68 Å². The van der Waals surface area contributed by atoms with Crippen LogP contribution in [0.2, 0.25) is 0 Å². The first-order valence-electron chi connectivity index (χ1n) is 12.1. The summed E-state index contributed by atoms with van der Waals surface area (Å²) >= 11 is 1.60. The average Bonchev–Trinajstić information content (AvgIpc) is 3.23. The monoisotopic (exact) mass is 492 g/mol. The zero-order valence-corrected chi connectivity index (χ0v) is 20.0. The molecule has 8 nitrogen and oxygen atoms in total. The van der Waals surface area contributed by atoms with Crippen molar-refractivity contribution in [2.75, 3.05) is 24.3 Å². The normalized spacial score (nSPS) is 26.9. The Morgan fingerprint density at radius 3 is 2.91 bits per heavy atom. The van der Waals surface area contributed by atoms with Crippen LogP contribution < -0.4 is 5.32 Å². The van der Waals surface area contributed by atoms with E-state index < -0.39 is 11.7 Å². The third-order valence-corrected chi connectivity index (χ3v) is 7.73. The standard InChI is InChI=1S/C23H30F2N6O2S/c1-2-9-34-23-27-21(26-19-12-16(19)13-3-6-17(24)18(25)10-13)20-22(28-23)31(30-29-20)14-4-5-15(11-14)33-8-7-32/h10,14-16,19,32H,2-9,11-12H2,1H3,(H,26,27,28)/t14-,15+,16?,19?/m0/s1. The largest absolute Gasteiger partial charge is 0.394 e. The molecule has 2 N–H and O–H groups in total. The average molecular weight is 493 g/mol. The third-order valence-electron chi connectivity index (χ3n) is 6.68. The van der Waals surface area contributed by atoms with Crippen molar-refractivity contribution < 1.29 is 18.6 Å². The number of hydrogen-bond donors (Lipinski definition) is 2. The SMILES string of the molecule is CCCSc1nc(NC2CC2C2=CC(F)=C(F)CC2)c2nnn([C@H]3CC[C@@H](OCCO)C3)c2n1. The summed E-state index contributed by atoms with van der Waals surface area (Å²) < 4.78 is 34.7. The van der Waals surface area contributed by atoms with Crippen molar-refractivity contribution in [3.05, 3.63) is 23.3 Å². The van der Waals surface area contributed by atoms with Gasteiger partial charge in [-0.1, -0.05) is 29.5 Å². The van der Waals surface area contributed by atoms with Gasteiger partial charge in [-0.2, -0.15) is 0 Å². The molecule has 2 aromatic heterocycles. The summed E-state index contributed by atoms with van der Waals surface area (Å²) in [6.07, 6.45) is 6.62. The van der Waals surface area contributed by atoms with E-state index >= 15 is 0 Å². The van der Waals surface area contributed by atoms with Gasteiger partial charge < -0.3 is 15.2 Å². The predicted molar refractivity (Wildman–Crippen MR) is 126 cm³/mol. The molecule has 2 unspecified atom stereocenters. The molecule has 0 aliphatic heterocycles. The number of aliphatic hydroxyl groups is 1. The number of thioether (sulfide) groups is 1. The molecule has 2 aromatic rings. The molecule has 34 heavy (non-hydrogen) atoms. The molecule has 184 valence electrons. The maximum absolute atomic E-state index is 13.7. The Hall–Kier alpha value is -2.11. The molecular weight excluding hydrogens is 462 g/mol. The highest BCUT2D eigenvalue weighted by Gasteiger charge is 2.41. The topological polar surface area (TPSA) is 98.0 Å². The molecule has 3 aliphatic rings. The minimum Gasteiger partial charge on any atom is -0.394 e. The second-order valence-corrected chi connectivity index (χ2v) is 10.2. The molecule has 5 rings (SSSR count). The summed E-state index contributed by atoms with van der Waals surface area (Å²) in [6, 6.07) is 0.237. The zero-order chi connectivity index (χ0) is 23.7. The van der Waals surface area contributed by atoms with Gasteiger partial charge in [0.25, 0.3) is 0 Å². The summed E-state index contributed by atoms with van der Waals surface area (Å²) in [5.41, 5.74) is 2.28. The highest BCUT2D eigenvalue weighted by atomic mass is 32.2. The van der Waals surface area contributed by atoms with E-state index in [0.717, 1.165) is 43.4 Å². The molecule has 0 amide bonds. The molecule has 11 heteroatoms. The number of nitrogens with one attached hydrogen (secondary N) is 1. The van der Waals surface area contributed by atoms with Crippen LogP contribution >= 0.6 is 11.8 Å². The van der Waals surface area contributed by atoms with Crippen LogP contribution in [0.1, 0.15) is 57.9 Å². The molecule has 3 aliphatic carbocycles. The Kier molecular flexibility index (Phi) is 7.12. The van der Waals surface area contributed by atoms with Crippen molar-refractivity contribution in [3.8, 4) is 0 Å². The molecular formula is C23H30F2N6O2S. The summed E-state index contributed by atoms with van der Waals surface area (Å²) in [7, 11) is 0. The van der Waals surface area contributed by atoms with Crippen LogP contribution in [0.15, 0.2) is 28.5 Å². The van der Waals surface area contributed by atoms with E-state index in [1.165, 1.54) is 6.08 Å². The number of rotatable bonds is 10. The number of anilines is 1. The molecule has 0 aromatic carbocycles. The lowest BCUT2D eigenvalue weighted by Crippen LogP contribution is -2.14. The van der Waals surface area contributed by atoms with Crippen molar-refractivity contribution in [3.63, 3.8) is 0 Å². The quantitative estimate of drug-likeness (QED) is 0.370. The van der Waals surface area contributed by atoms with Gasteiger partial charge in [0, 0.05) is 24.1 Å². The third kappa shape index (κ3) is 4.96. The number of fused-ring (bicyclic) bond motifs is 1. The first-order valence-corrected chi connectivity index (χ1v) is 13.0. The smallest absolute Gasteiger partial charge is 0.191 e. The summed E-state index contributed by atoms with van der Waals surface area (Å²) in [6.45, 7) is 2.48. The minimum atomic E-state index is -0.740. The van der Waals surface area contributed by atoms with Crippen LogP contribution in [0, 0.1) is 5.92 Å². The number of aliphatic hydroxyl groups excluding tert-OH is 1. The fourth-order valence-corrected chi connectivity index (χ4v) is 5.54. The van der Waals surface area contributed by atoms with E-state index in [0.29, 0.717) is 35.2 Å². The Morgan fingerprint density at radius 1 is 1.24 bits per heavy atom. The van der Waals surface area contributed by atoms with Crippen LogP contribution in [0.25, 0.3) is 11.2 Å². The van der Waals surface area contributed by atoms with Gasteiger partial charge >= 0.3 is 0 Å². The first kappa shape index (κ1) is 23.6. The van der Waals surface area contributed by atoms with Gasteiger partial charge in [0.1, 0.15) is 5.83 Å². The van der Waals surface area contributed by atoms with E-state index in [4.69, 9.17) is 19.8 Å². The van der Waals surface area contributed by atoms with Gasteiger partial charge in [0.2, 0.25) is 0 Å². The molecule has 2 heterocycles. The first-order chi connectivity index (χ1) is 16.6. The predicted octanol–water partition coefficient (Wildman–Crippen LogP) is 4.50. The van der Waals surface area contributed by atoms with Crippen LogP contribution in [0.4, 0.5) is 14.6 Å². The van der Waals surface area contributed by atoms with Crippen molar-refractivity contribution >= 4 is 28.7 Å². The molecule has 0 saturated heterocycles. The highest BCUT2D eigenvalue weighted by molar-refractivity contribution is 7.99. The molecule has 0 bridgehead atoms. The van der Waals surface area contributed by atoms with Crippen molar-refractivity contribution in [1.82, 2.24) is 25.0 Å². The van der Waals surface area contributed by atoms with Gasteiger partial charge in [-0.3, -0.25) is 0 Å². The van der Waals surface area contributed by atoms with Crippen molar-refractivity contribution in [1.29, 1.82) is 0 Å². The van der Waals surface area contributed by atoms with Gasteiger partial charge in [0.15, 0.2) is 28.0 Å². The number of allylic oxidation sites excluding steroid dienone is 3. The zero-order valence-electron chi connectivity index (χ0n) is 19.2. The van der Waals surface area contributed by atoms with Crippen LogP contribution in [0.3, 0.4) is 0 Å². The number of nitrogens with zero attached hydrogens (tertiary/aromatic N) is 5. The minimum absolute atomic E-state index is 0.0185. The molecule has 2 saturated carbocycles. The van der Waals surface area contributed by atoms with Gasteiger partial charge in [-0.05, 0) is 44.6 Å². The number of aromatic nitrogens is 5. The Bertz CT molecular complexity index is 1110. The van der Waals surface area contributed by atoms with Crippen LogP contribution in [0.5, 0.6) is 0 Å². The fraction of sp³-hybridized carbons (Fsp3) is 0.652. The van der Waals surface area contributed by atoms with E-state index in [1.54, 1.807) is 11.8 Å². The Labute approximate surface area is 201 Å². The maximum Gasteiger partial charge on any atom is 0.191 e. The summed E-state index contributed by atoms with van der Waals surface area (Å²) in [5, 5.41) is 22.0. The molecule has 4 atom stereocenters. The Morgan fingerprint density at radius 2 is 2.12 bits per heavy atom. The van der Waals surface area contributed by atoms with E-state index in [-0.39, 0.29) is 37.1 Å². The lowest BCUT2D eigenvalue weighted by molar-refractivity contribution is 0.0309. The maximum atomic E-state index is 13.7. The van der Waals surface area contributed by atoms with Crippen LogP contribution in [-0.2, 0) is 4.74 Å². The van der Waals surface area contributed by atoms with Crippen LogP contribution in [-0.4, -0.2) is 61.2 Å². The summed E-state index contributed by atoms with van der Waals surface area (Å²) in [4.78, 5) is 9.51. The second kappa shape index (κ2) is 10.2. The number of ether oxygens (including phenoxy) is 1. The number of halogens is 2. The van der Waals surface area contributed by atoms with Gasteiger partial charge in [-0.15, -0.1) is 5.10 Å². The Balaban J connectivity index is 1.37. The van der Waals surface area contributed by atoms with Crippen molar-refractivity contribution in [2.45, 2.75) is 75.2 Å². The van der Waals surface area contributed by atoms with Gasteiger partial charge in [-0.25, -0.2) is 23.4 Å². The lowest BCUT2D eigenvalue weighted by atomic mass is 9.99.